The van der Waals surface area contributed by atoms with Crippen LogP contribution in [-0.4, -0.2) is 29.1 Å². The average Bonchev–Trinajstić information content (AvgIpc) is 2.22. The quantitative estimate of drug-likeness (QED) is 0.690. The van der Waals surface area contributed by atoms with Crippen molar-refractivity contribution in [2.24, 2.45) is 0 Å². The van der Waals surface area contributed by atoms with Gasteiger partial charge < -0.3 is 10.4 Å². The smallest absolute Gasteiger partial charge is 0.224 e. The standard InChI is InChI=1S/C11H16N2O2/c1-9-3-4-10(8-13-9)7-11(15)12-5-2-6-14/h3-4,8,14H,2,5-7H2,1H3,(H,12,15). The summed E-state index contributed by atoms with van der Waals surface area (Å²) in [4.78, 5) is 15.5. The molecule has 4 heteroatoms. The first-order valence-corrected chi connectivity index (χ1v) is 5.01. The summed E-state index contributed by atoms with van der Waals surface area (Å²) in [6.07, 6.45) is 2.65. The normalized spacial score (nSPS) is 10.0. The van der Waals surface area contributed by atoms with E-state index in [1.165, 1.54) is 0 Å². The minimum Gasteiger partial charge on any atom is -0.396 e. The third kappa shape index (κ3) is 4.56. The Bertz CT molecular complexity index is 309. The van der Waals surface area contributed by atoms with Crippen LogP contribution in [0.5, 0.6) is 0 Å². The minimum atomic E-state index is -0.0332. The topological polar surface area (TPSA) is 62.2 Å². The maximum atomic E-state index is 11.4. The van der Waals surface area contributed by atoms with E-state index in [9.17, 15) is 4.79 Å². The van der Waals surface area contributed by atoms with E-state index in [2.05, 4.69) is 10.3 Å². The lowest BCUT2D eigenvalue weighted by Crippen LogP contribution is -2.26. The van der Waals surface area contributed by atoms with Crippen molar-refractivity contribution in [3.05, 3.63) is 29.6 Å². The van der Waals surface area contributed by atoms with Gasteiger partial charge in [-0.15, -0.1) is 0 Å². The van der Waals surface area contributed by atoms with Gasteiger partial charge in [-0.25, -0.2) is 0 Å². The highest BCUT2D eigenvalue weighted by Crippen LogP contribution is 1.99. The molecule has 0 bridgehead atoms. The summed E-state index contributed by atoms with van der Waals surface area (Å²) in [7, 11) is 0. The van der Waals surface area contributed by atoms with Gasteiger partial charge in [-0.1, -0.05) is 6.07 Å². The predicted molar refractivity (Wildman–Crippen MR) is 57.4 cm³/mol. The maximum Gasteiger partial charge on any atom is 0.224 e. The number of hydrogen-bond donors (Lipinski definition) is 2. The molecule has 0 aliphatic rings. The lowest BCUT2D eigenvalue weighted by atomic mass is 10.2. The van der Waals surface area contributed by atoms with Gasteiger partial charge in [0.05, 0.1) is 6.42 Å². The minimum absolute atomic E-state index is 0.0332. The Labute approximate surface area is 89.3 Å². The van der Waals surface area contributed by atoms with Crippen molar-refractivity contribution in [2.75, 3.05) is 13.2 Å². The SMILES string of the molecule is Cc1ccc(CC(=O)NCCCO)cn1. The van der Waals surface area contributed by atoms with Gasteiger partial charge in [-0.05, 0) is 25.0 Å². The fourth-order valence-corrected chi connectivity index (χ4v) is 1.16. The maximum absolute atomic E-state index is 11.4. The fraction of sp³-hybridized carbons (Fsp3) is 0.455. The molecule has 4 nitrogen and oxygen atoms in total. The molecule has 1 rings (SSSR count). The molecule has 0 spiro atoms. The largest absolute Gasteiger partial charge is 0.396 e. The van der Waals surface area contributed by atoms with Crippen LogP contribution in [0, 0.1) is 6.92 Å². The number of carbonyl (C=O) groups excluding carboxylic acids is 1. The highest BCUT2D eigenvalue weighted by Gasteiger charge is 2.02. The van der Waals surface area contributed by atoms with Crippen molar-refractivity contribution >= 4 is 5.91 Å². The number of aromatic nitrogens is 1. The molecule has 1 heterocycles. The van der Waals surface area contributed by atoms with Crippen molar-refractivity contribution in [2.45, 2.75) is 19.8 Å². The highest BCUT2D eigenvalue weighted by atomic mass is 16.3. The second-order valence-electron chi connectivity index (χ2n) is 3.41. The van der Waals surface area contributed by atoms with E-state index >= 15 is 0 Å². The molecule has 0 saturated heterocycles. The molecular formula is C11H16N2O2. The van der Waals surface area contributed by atoms with Crippen LogP contribution in [0.2, 0.25) is 0 Å². The van der Waals surface area contributed by atoms with Crippen LogP contribution >= 0.6 is 0 Å². The Balaban J connectivity index is 2.34. The highest BCUT2D eigenvalue weighted by molar-refractivity contribution is 5.78. The molecule has 1 aromatic rings. The first kappa shape index (κ1) is 11.7. The Kier molecular flexibility index (Phi) is 4.77. The number of aryl methyl sites for hydroxylation is 1. The molecule has 82 valence electrons. The van der Waals surface area contributed by atoms with E-state index in [0.717, 1.165) is 11.3 Å². The van der Waals surface area contributed by atoms with Crippen LogP contribution in [-0.2, 0) is 11.2 Å². The molecule has 1 amide bonds. The van der Waals surface area contributed by atoms with Gasteiger partial charge in [0, 0.05) is 25.0 Å². The molecule has 1 aromatic heterocycles. The van der Waals surface area contributed by atoms with Gasteiger partial charge in [0.25, 0.3) is 0 Å². The van der Waals surface area contributed by atoms with Crippen LogP contribution in [0.25, 0.3) is 0 Å². The van der Waals surface area contributed by atoms with Gasteiger partial charge in [0.2, 0.25) is 5.91 Å². The van der Waals surface area contributed by atoms with E-state index in [1.54, 1.807) is 6.20 Å². The molecule has 0 saturated carbocycles. The van der Waals surface area contributed by atoms with Gasteiger partial charge in [-0.2, -0.15) is 0 Å². The van der Waals surface area contributed by atoms with E-state index in [0.29, 0.717) is 19.4 Å². The predicted octanol–water partition coefficient (Wildman–Crippen LogP) is 0.431. The van der Waals surface area contributed by atoms with Gasteiger partial charge in [0.15, 0.2) is 0 Å². The third-order valence-corrected chi connectivity index (χ3v) is 1.99. The summed E-state index contributed by atoms with van der Waals surface area (Å²) < 4.78 is 0. The molecule has 0 aliphatic carbocycles. The summed E-state index contributed by atoms with van der Waals surface area (Å²) in [5, 5.41) is 11.3. The van der Waals surface area contributed by atoms with Crippen LogP contribution < -0.4 is 5.32 Å². The molecule has 0 radical (unpaired) electrons. The number of hydrogen-bond acceptors (Lipinski definition) is 3. The van der Waals surface area contributed by atoms with Gasteiger partial charge in [-0.3, -0.25) is 9.78 Å². The zero-order valence-corrected chi connectivity index (χ0v) is 8.86. The summed E-state index contributed by atoms with van der Waals surface area (Å²) in [5.41, 5.74) is 1.85. The average molecular weight is 208 g/mol. The molecule has 15 heavy (non-hydrogen) atoms. The molecule has 2 N–H and O–H groups in total. The van der Waals surface area contributed by atoms with E-state index in [1.807, 2.05) is 19.1 Å². The van der Waals surface area contributed by atoms with E-state index < -0.39 is 0 Å². The summed E-state index contributed by atoms with van der Waals surface area (Å²) >= 11 is 0. The van der Waals surface area contributed by atoms with Crippen LogP contribution in [0.15, 0.2) is 18.3 Å². The Morgan fingerprint density at radius 2 is 2.33 bits per heavy atom. The molecule has 0 atom stereocenters. The Morgan fingerprint density at radius 3 is 2.93 bits per heavy atom. The number of aliphatic hydroxyl groups is 1. The van der Waals surface area contributed by atoms with Crippen LogP contribution in [0.1, 0.15) is 17.7 Å². The lowest BCUT2D eigenvalue weighted by molar-refractivity contribution is -0.120. The van der Waals surface area contributed by atoms with Crippen molar-refractivity contribution < 1.29 is 9.90 Å². The van der Waals surface area contributed by atoms with E-state index in [-0.39, 0.29) is 12.5 Å². The number of pyridine rings is 1. The van der Waals surface area contributed by atoms with Crippen molar-refractivity contribution in [1.82, 2.24) is 10.3 Å². The zero-order chi connectivity index (χ0) is 11.1. The number of aliphatic hydroxyl groups excluding tert-OH is 1. The molecule has 0 unspecified atom stereocenters. The molecule has 0 aliphatic heterocycles. The molecule has 0 fully saturated rings. The van der Waals surface area contributed by atoms with Gasteiger partial charge in [0.1, 0.15) is 0 Å². The monoisotopic (exact) mass is 208 g/mol. The number of nitrogens with zero attached hydrogens (tertiary/aromatic N) is 1. The second kappa shape index (κ2) is 6.14. The second-order valence-corrected chi connectivity index (χ2v) is 3.41. The fourth-order valence-electron chi connectivity index (χ4n) is 1.16. The number of rotatable bonds is 5. The molecule has 0 aromatic carbocycles. The first-order valence-electron chi connectivity index (χ1n) is 5.01. The van der Waals surface area contributed by atoms with Crippen LogP contribution in [0.4, 0.5) is 0 Å². The Hall–Kier alpha value is -1.42. The summed E-state index contributed by atoms with van der Waals surface area (Å²) in [6.45, 7) is 2.53. The third-order valence-electron chi connectivity index (χ3n) is 1.99. The number of carbonyl (C=O) groups is 1. The van der Waals surface area contributed by atoms with E-state index in [4.69, 9.17) is 5.11 Å². The number of nitrogens with one attached hydrogen (secondary N) is 1. The first-order chi connectivity index (χ1) is 7.22. The van der Waals surface area contributed by atoms with Gasteiger partial charge >= 0.3 is 0 Å². The van der Waals surface area contributed by atoms with Crippen LogP contribution in [0.3, 0.4) is 0 Å². The zero-order valence-electron chi connectivity index (χ0n) is 8.86. The summed E-state index contributed by atoms with van der Waals surface area (Å²) in [5.74, 6) is -0.0332. The van der Waals surface area contributed by atoms with Crippen molar-refractivity contribution in [1.29, 1.82) is 0 Å². The lowest BCUT2D eigenvalue weighted by Gasteiger charge is -2.03. The van der Waals surface area contributed by atoms with Crippen molar-refractivity contribution in [3.8, 4) is 0 Å². The summed E-state index contributed by atoms with van der Waals surface area (Å²) in [6, 6.07) is 3.78. The Morgan fingerprint density at radius 1 is 1.53 bits per heavy atom. The van der Waals surface area contributed by atoms with Crippen molar-refractivity contribution in [3.63, 3.8) is 0 Å². The molecular weight excluding hydrogens is 192 g/mol. The number of amides is 1.